The lowest BCUT2D eigenvalue weighted by Crippen LogP contribution is -2.50. The van der Waals surface area contributed by atoms with Crippen LogP contribution >= 0.6 is 11.6 Å². The summed E-state index contributed by atoms with van der Waals surface area (Å²) in [5.74, 6) is -0.172. The number of rotatable bonds is 9. The van der Waals surface area contributed by atoms with E-state index in [1.807, 2.05) is 70.2 Å². The molecule has 0 bridgehead atoms. The number of carbonyl (C=O) groups excluding carboxylic acids is 2. The van der Waals surface area contributed by atoms with Gasteiger partial charge in [0.1, 0.15) is 6.04 Å². The zero-order chi connectivity index (χ0) is 21.4. The molecule has 0 saturated heterocycles. The van der Waals surface area contributed by atoms with Gasteiger partial charge >= 0.3 is 0 Å². The van der Waals surface area contributed by atoms with Crippen LogP contribution in [0.4, 0.5) is 0 Å². The van der Waals surface area contributed by atoms with Crippen LogP contribution in [0.15, 0.2) is 48.5 Å². The lowest BCUT2D eigenvalue weighted by atomic mass is 10.0. The van der Waals surface area contributed by atoms with Crippen LogP contribution in [0.3, 0.4) is 0 Å². The molecule has 0 aliphatic heterocycles. The van der Waals surface area contributed by atoms with Gasteiger partial charge in [0.25, 0.3) is 0 Å². The second-order valence-electron chi connectivity index (χ2n) is 7.69. The molecule has 2 rings (SSSR count). The predicted molar refractivity (Wildman–Crippen MR) is 119 cm³/mol. The Morgan fingerprint density at radius 3 is 2.31 bits per heavy atom. The van der Waals surface area contributed by atoms with E-state index in [1.54, 1.807) is 11.0 Å². The molecule has 0 spiro atoms. The quantitative estimate of drug-likeness (QED) is 0.633. The molecule has 4 nitrogen and oxygen atoms in total. The molecule has 5 heteroatoms. The third-order valence-corrected chi connectivity index (χ3v) is 5.23. The molecule has 2 amide bonds. The van der Waals surface area contributed by atoms with Crippen molar-refractivity contribution in [2.75, 3.05) is 0 Å². The van der Waals surface area contributed by atoms with Gasteiger partial charge in [0.2, 0.25) is 11.8 Å². The number of aryl methyl sites for hydroxylation is 2. The van der Waals surface area contributed by atoms with Crippen LogP contribution in [0.25, 0.3) is 0 Å². The molecular formula is C24H31ClN2O2. The fourth-order valence-corrected chi connectivity index (χ4v) is 3.46. The number of nitrogens with zero attached hydrogens (tertiary/aromatic N) is 1. The maximum Gasteiger partial charge on any atom is 0.243 e. The van der Waals surface area contributed by atoms with Crippen molar-refractivity contribution in [2.24, 2.45) is 0 Å². The molecule has 0 heterocycles. The smallest absolute Gasteiger partial charge is 0.243 e. The number of carbonyl (C=O) groups is 2. The Hall–Kier alpha value is -2.33. The van der Waals surface area contributed by atoms with E-state index in [9.17, 15) is 9.59 Å². The van der Waals surface area contributed by atoms with Crippen molar-refractivity contribution in [3.05, 3.63) is 70.2 Å². The van der Waals surface area contributed by atoms with Gasteiger partial charge in [-0.1, -0.05) is 66.6 Å². The summed E-state index contributed by atoms with van der Waals surface area (Å²) in [6, 6.07) is 15.1. The zero-order valence-corrected chi connectivity index (χ0v) is 18.5. The van der Waals surface area contributed by atoms with Crippen molar-refractivity contribution in [1.29, 1.82) is 0 Å². The van der Waals surface area contributed by atoms with Gasteiger partial charge in [0.05, 0.1) is 0 Å². The van der Waals surface area contributed by atoms with Crippen molar-refractivity contribution in [1.82, 2.24) is 10.2 Å². The first-order valence-corrected chi connectivity index (χ1v) is 10.6. The largest absolute Gasteiger partial charge is 0.352 e. The molecule has 0 fully saturated rings. The molecule has 2 aromatic rings. The fraction of sp³-hybridized carbons (Fsp3) is 0.417. The molecule has 156 valence electrons. The second-order valence-corrected chi connectivity index (χ2v) is 8.09. The van der Waals surface area contributed by atoms with Crippen LogP contribution in [0, 0.1) is 6.92 Å². The van der Waals surface area contributed by atoms with E-state index < -0.39 is 6.04 Å². The van der Waals surface area contributed by atoms with Crippen LogP contribution in [0.2, 0.25) is 5.02 Å². The first kappa shape index (κ1) is 23.0. The number of hydrogen-bond donors (Lipinski definition) is 1. The number of halogens is 1. The summed E-state index contributed by atoms with van der Waals surface area (Å²) in [6.45, 7) is 8.12. The first-order valence-electron chi connectivity index (χ1n) is 10.2. The van der Waals surface area contributed by atoms with Crippen molar-refractivity contribution < 1.29 is 9.59 Å². The van der Waals surface area contributed by atoms with Gasteiger partial charge in [-0.25, -0.2) is 0 Å². The molecule has 0 aromatic heterocycles. The Bertz CT molecular complexity index is 818. The highest BCUT2D eigenvalue weighted by Crippen LogP contribution is 2.21. The summed E-state index contributed by atoms with van der Waals surface area (Å²) in [5, 5.41) is 3.54. The summed E-state index contributed by atoms with van der Waals surface area (Å²) in [4.78, 5) is 27.6. The Labute approximate surface area is 179 Å². The summed E-state index contributed by atoms with van der Waals surface area (Å²) in [7, 11) is 0. The Kier molecular flexibility index (Phi) is 8.71. The van der Waals surface area contributed by atoms with Crippen LogP contribution in [-0.2, 0) is 22.6 Å². The molecule has 0 aliphatic rings. The van der Waals surface area contributed by atoms with Gasteiger partial charge in [-0.3, -0.25) is 9.59 Å². The van der Waals surface area contributed by atoms with Gasteiger partial charge < -0.3 is 10.2 Å². The minimum absolute atomic E-state index is 0.0152. The third kappa shape index (κ3) is 6.90. The average molecular weight is 415 g/mol. The van der Waals surface area contributed by atoms with E-state index in [4.69, 9.17) is 11.6 Å². The summed E-state index contributed by atoms with van der Waals surface area (Å²) in [6.07, 6.45) is 1.53. The molecule has 2 aromatic carbocycles. The molecule has 0 radical (unpaired) electrons. The highest BCUT2D eigenvalue weighted by Gasteiger charge is 2.29. The molecule has 0 saturated carbocycles. The van der Waals surface area contributed by atoms with Crippen molar-refractivity contribution in [3.63, 3.8) is 0 Å². The summed E-state index contributed by atoms with van der Waals surface area (Å²) in [5.41, 5.74) is 3.15. The monoisotopic (exact) mass is 414 g/mol. The minimum atomic E-state index is -0.529. The fourth-order valence-electron chi connectivity index (χ4n) is 3.26. The maximum atomic E-state index is 13.2. The Morgan fingerprint density at radius 1 is 1.07 bits per heavy atom. The minimum Gasteiger partial charge on any atom is -0.352 e. The van der Waals surface area contributed by atoms with Crippen LogP contribution < -0.4 is 5.32 Å². The van der Waals surface area contributed by atoms with Crippen LogP contribution in [0.1, 0.15) is 50.3 Å². The maximum absolute atomic E-state index is 13.2. The van der Waals surface area contributed by atoms with Crippen molar-refractivity contribution in [3.8, 4) is 0 Å². The van der Waals surface area contributed by atoms with E-state index >= 15 is 0 Å². The number of amides is 2. The number of nitrogens with one attached hydrogen (secondary N) is 1. The van der Waals surface area contributed by atoms with Crippen molar-refractivity contribution in [2.45, 2.75) is 65.6 Å². The van der Waals surface area contributed by atoms with E-state index in [-0.39, 0.29) is 17.9 Å². The van der Waals surface area contributed by atoms with Gasteiger partial charge in [0, 0.05) is 24.0 Å². The molecule has 29 heavy (non-hydrogen) atoms. The van der Waals surface area contributed by atoms with Gasteiger partial charge in [-0.2, -0.15) is 0 Å². The van der Waals surface area contributed by atoms with Crippen LogP contribution in [0.5, 0.6) is 0 Å². The lowest BCUT2D eigenvalue weighted by molar-refractivity contribution is -0.141. The first-order chi connectivity index (χ1) is 13.8. The molecular weight excluding hydrogens is 384 g/mol. The van der Waals surface area contributed by atoms with E-state index in [1.165, 1.54) is 5.56 Å². The highest BCUT2D eigenvalue weighted by molar-refractivity contribution is 6.31. The topological polar surface area (TPSA) is 49.4 Å². The standard InChI is InChI=1S/C24H31ClN2O2/c1-5-22(24(29)26-17(2)3)27(16-20-8-6-7-9-21(20)25)23(28)15-14-19-12-10-18(4)11-13-19/h6-13,17,22H,5,14-16H2,1-4H3,(H,26,29)/t22-/m0/s1. The van der Waals surface area contributed by atoms with E-state index in [2.05, 4.69) is 5.32 Å². The number of benzene rings is 2. The summed E-state index contributed by atoms with van der Waals surface area (Å²) >= 11 is 6.33. The normalized spacial score (nSPS) is 11.9. The third-order valence-electron chi connectivity index (χ3n) is 4.86. The Balaban J connectivity index is 2.21. The Morgan fingerprint density at radius 2 is 1.72 bits per heavy atom. The summed E-state index contributed by atoms with van der Waals surface area (Å²) < 4.78 is 0. The molecule has 1 atom stereocenters. The van der Waals surface area contributed by atoms with Crippen LogP contribution in [-0.4, -0.2) is 28.8 Å². The van der Waals surface area contributed by atoms with E-state index in [0.29, 0.717) is 30.8 Å². The molecule has 1 N–H and O–H groups in total. The average Bonchev–Trinajstić information content (AvgIpc) is 2.68. The number of hydrogen-bond acceptors (Lipinski definition) is 2. The molecule has 0 unspecified atom stereocenters. The molecule has 0 aliphatic carbocycles. The van der Waals surface area contributed by atoms with Crippen molar-refractivity contribution >= 4 is 23.4 Å². The zero-order valence-electron chi connectivity index (χ0n) is 17.7. The second kappa shape index (κ2) is 11.0. The van der Waals surface area contributed by atoms with Gasteiger partial charge in [-0.05, 0) is 50.8 Å². The van der Waals surface area contributed by atoms with Gasteiger partial charge in [0.15, 0.2) is 0 Å². The predicted octanol–water partition coefficient (Wildman–Crippen LogP) is 4.91. The lowest BCUT2D eigenvalue weighted by Gasteiger charge is -2.31. The SMILES string of the molecule is CC[C@@H](C(=O)NC(C)C)N(Cc1ccccc1Cl)C(=O)CCc1ccc(C)cc1. The van der Waals surface area contributed by atoms with E-state index in [0.717, 1.165) is 11.1 Å². The van der Waals surface area contributed by atoms with Gasteiger partial charge in [-0.15, -0.1) is 0 Å². The highest BCUT2D eigenvalue weighted by atomic mass is 35.5.